The van der Waals surface area contributed by atoms with Crippen LogP contribution in [0.5, 0.6) is 0 Å². The summed E-state index contributed by atoms with van der Waals surface area (Å²) in [5.74, 6) is 1.72. The molecule has 100 valence electrons. The van der Waals surface area contributed by atoms with Crippen molar-refractivity contribution in [2.45, 2.75) is 26.4 Å². The van der Waals surface area contributed by atoms with E-state index in [1.807, 2.05) is 14.0 Å². The minimum atomic E-state index is -0.0135. The lowest BCUT2D eigenvalue weighted by Gasteiger charge is -2.29. The molecule has 2 heterocycles. The second-order valence-corrected chi connectivity index (χ2v) is 4.72. The van der Waals surface area contributed by atoms with Crippen LogP contribution in [0.25, 0.3) is 0 Å². The van der Waals surface area contributed by atoms with Crippen LogP contribution < -0.4 is 5.32 Å². The maximum Gasteiger partial charge on any atom is 0.161 e. The number of hydrogen-bond donors (Lipinski definition) is 1. The fourth-order valence-corrected chi connectivity index (χ4v) is 2.33. The Labute approximate surface area is 109 Å². The number of aryl methyl sites for hydroxylation is 1. The number of aromatic nitrogens is 2. The van der Waals surface area contributed by atoms with Crippen LogP contribution in [0, 0.1) is 6.92 Å². The first-order valence-electron chi connectivity index (χ1n) is 6.51. The van der Waals surface area contributed by atoms with Gasteiger partial charge in [0.05, 0.1) is 6.61 Å². The summed E-state index contributed by atoms with van der Waals surface area (Å²) in [6, 6.07) is 0. The van der Waals surface area contributed by atoms with Crippen molar-refractivity contribution < 1.29 is 4.74 Å². The zero-order valence-corrected chi connectivity index (χ0v) is 11.7. The molecular formula is C13H22N4O. The molecule has 0 radical (unpaired) electrons. The van der Waals surface area contributed by atoms with E-state index in [0.29, 0.717) is 0 Å². The zero-order chi connectivity index (χ0) is 13.1. The number of likely N-dealkylation sites (N-methyl/N-ethyl adjacent to an activating group) is 1. The lowest BCUT2D eigenvalue weighted by Crippen LogP contribution is -2.36. The van der Waals surface area contributed by atoms with E-state index in [1.54, 1.807) is 0 Å². The number of anilines is 1. The first-order chi connectivity index (χ1) is 8.65. The highest BCUT2D eigenvalue weighted by atomic mass is 16.5. The van der Waals surface area contributed by atoms with Gasteiger partial charge < -0.3 is 15.0 Å². The lowest BCUT2D eigenvalue weighted by molar-refractivity contribution is -0.0255. The molecule has 5 nitrogen and oxygen atoms in total. The first kappa shape index (κ1) is 13.2. The van der Waals surface area contributed by atoms with Crippen LogP contribution in [0.2, 0.25) is 0 Å². The van der Waals surface area contributed by atoms with Gasteiger partial charge in [-0.1, -0.05) is 6.92 Å². The van der Waals surface area contributed by atoms with Gasteiger partial charge in [0, 0.05) is 31.4 Å². The molecule has 1 aliphatic heterocycles. The fourth-order valence-electron chi connectivity index (χ4n) is 2.33. The van der Waals surface area contributed by atoms with Gasteiger partial charge in [0.1, 0.15) is 11.9 Å². The summed E-state index contributed by atoms with van der Waals surface area (Å²) >= 11 is 0. The molecule has 0 spiro atoms. The highest BCUT2D eigenvalue weighted by Gasteiger charge is 2.23. The van der Waals surface area contributed by atoms with E-state index in [2.05, 4.69) is 34.2 Å². The van der Waals surface area contributed by atoms with Gasteiger partial charge in [-0.2, -0.15) is 0 Å². The van der Waals surface area contributed by atoms with Crippen molar-refractivity contribution >= 4 is 5.82 Å². The molecule has 0 saturated carbocycles. The Hall–Kier alpha value is -1.20. The Morgan fingerprint density at radius 1 is 1.44 bits per heavy atom. The molecule has 18 heavy (non-hydrogen) atoms. The smallest absolute Gasteiger partial charge is 0.161 e. The molecule has 0 bridgehead atoms. The van der Waals surface area contributed by atoms with Gasteiger partial charge in [0.25, 0.3) is 0 Å². The SMILES string of the molecule is CCc1c(C)nc(C2CN(C)CCO2)nc1NC. The number of hydrogen-bond acceptors (Lipinski definition) is 5. The summed E-state index contributed by atoms with van der Waals surface area (Å²) in [5.41, 5.74) is 2.23. The largest absolute Gasteiger partial charge is 0.373 e. The second kappa shape index (κ2) is 5.63. The number of ether oxygens (including phenoxy) is 1. The summed E-state index contributed by atoms with van der Waals surface area (Å²) in [4.78, 5) is 11.5. The third-order valence-electron chi connectivity index (χ3n) is 3.38. The van der Waals surface area contributed by atoms with Crippen LogP contribution in [0.1, 0.15) is 30.1 Å². The van der Waals surface area contributed by atoms with E-state index in [0.717, 1.165) is 43.5 Å². The normalized spacial score (nSPS) is 21.0. The summed E-state index contributed by atoms with van der Waals surface area (Å²) in [5, 5.41) is 3.16. The predicted octanol–water partition coefficient (Wildman–Crippen LogP) is 1.39. The molecule has 5 heteroatoms. The van der Waals surface area contributed by atoms with Crippen LogP contribution in [-0.4, -0.2) is 48.7 Å². The van der Waals surface area contributed by atoms with E-state index < -0.39 is 0 Å². The van der Waals surface area contributed by atoms with E-state index in [9.17, 15) is 0 Å². The molecule has 2 rings (SSSR count). The summed E-state index contributed by atoms with van der Waals surface area (Å²) in [6.07, 6.45) is 0.925. The van der Waals surface area contributed by atoms with Crippen LogP contribution in [-0.2, 0) is 11.2 Å². The van der Waals surface area contributed by atoms with Gasteiger partial charge in [0.15, 0.2) is 5.82 Å². The number of morpholine rings is 1. The minimum absolute atomic E-state index is 0.0135. The Balaban J connectivity index is 2.30. The average Bonchev–Trinajstić information content (AvgIpc) is 2.37. The molecule has 1 aromatic rings. The molecule has 0 aromatic carbocycles. The van der Waals surface area contributed by atoms with Crippen molar-refractivity contribution in [3.8, 4) is 0 Å². The van der Waals surface area contributed by atoms with Crippen LogP contribution in [0.15, 0.2) is 0 Å². The zero-order valence-electron chi connectivity index (χ0n) is 11.7. The fraction of sp³-hybridized carbons (Fsp3) is 0.692. The van der Waals surface area contributed by atoms with Crippen molar-refractivity contribution in [1.82, 2.24) is 14.9 Å². The number of rotatable bonds is 3. The topological polar surface area (TPSA) is 50.3 Å². The van der Waals surface area contributed by atoms with Crippen LogP contribution in [0.4, 0.5) is 5.82 Å². The van der Waals surface area contributed by atoms with E-state index in [1.165, 1.54) is 5.56 Å². The van der Waals surface area contributed by atoms with Gasteiger partial charge in [-0.3, -0.25) is 0 Å². The maximum absolute atomic E-state index is 5.77. The Bertz CT molecular complexity index is 422. The summed E-state index contributed by atoms with van der Waals surface area (Å²) in [6.45, 7) is 6.73. The quantitative estimate of drug-likeness (QED) is 0.878. The molecule has 1 unspecified atom stereocenters. The van der Waals surface area contributed by atoms with Gasteiger partial charge >= 0.3 is 0 Å². The van der Waals surface area contributed by atoms with E-state index in [4.69, 9.17) is 4.74 Å². The molecule has 0 aliphatic carbocycles. The van der Waals surface area contributed by atoms with Gasteiger partial charge in [-0.15, -0.1) is 0 Å². The Morgan fingerprint density at radius 3 is 2.83 bits per heavy atom. The molecular weight excluding hydrogens is 228 g/mol. The van der Waals surface area contributed by atoms with Crippen molar-refractivity contribution in [3.63, 3.8) is 0 Å². The van der Waals surface area contributed by atoms with Crippen molar-refractivity contribution in [1.29, 1.82) is 0 Å². The molecule has 1 N–H and O–H groups in total. The van der Waals surface area contributed by atoms with Crippen molar-refractivity contribution in [2.75, 3.05) is 39.1 Å². The Kier molecular flexibility index (Phi) is 4.14. The monoisotopic (exact) mass is 250 g/mol. The van der Waals surface area contributed by atoms with Gasteiger partial charge in [0.2, 0.25) is 0 Å². The van der Waals surface area contributed by atoms with E-state index in [-0.39, 0.29) is 6.10 Å². The number of nitrogens with zero attached hydrogens (tertiary/aromatic N) is 3. The van der Waals surface area contributed by atoms with Crippen LogP contribution in [0.3, 0.4) is 0 Å². The van der Waals surface area contributed by atoms with Crippen LogP contribution >= 0.6 is 0 Å². The summed E-state index contributed by atoms with van der Waals surface area (Å²) < 4.78 is 5.77. The maximum atomic E-state index is 5.77. The average molecular weight is 250 g/mol. The molecule has 1 fully saturated rings. The third-order valence-corrected chi connectivity index (χ3v) is 3.38. The second-order valence-electron chi connectivity index (χ2n) is 4.72. The van der Waals surface area contributed by atoms with Gasteiger partial charge in [-0.05, 0) is 20.4 Å². The number of nitrogens with one attached hydrogen (secondary N) is 1. The first-order valence-corrected chi connectivity index (χ1v) is 6.51. The Morgan fingerprint density at radius 2 is 2.22 bits per heavy atom. The molecule has 1 aliphatic rings. The predicted molar refractivity (Wildman–Crippen MR) is 71.9 cm³/mol. The standard InChI is InChI=1S/C13H22N4O/c1-5-10-9(2)15-13(16-12(10)14-3)11-8-17(4)6-7-18-11/h11H,5-8H2,1-4H3,(H,14,15,16). The minimum Gasteiger partial charge on any atom is -0.373 e. The highest BCUT2D eigenvalue weighted by molar-refractivity contribution is 5.46. The van der Waals surface area contributed by atoms with Crippen molar-refractivity contribution in [3.05, 3.63) is 17.1 Å². The van der Waals surface area contributed by atoms with Gasteiger partial charge in [-0.25, -0.2) is 9.97 Å². The molecule has 1 aromatic heterocycles. The molecule has 1 atom stereocenters. The van der Waals surface area contributed by atoms with E-state index >= 15 is 0 Å². The molecule has 0 amide bonds. The summed E-state index contributed by atoms with van der Waals surface area (Å²) in [7, 11) is 4.00. The third kappa shape index (κ3) is 2.62. The highest BCUT2D eigenvalue weighted by Crippen LogP contribution is 2.23. The lowest BCUT2D eigenvalue weighted by atomic mass is 10.1. The van der Waals surface area contributed by atoms with Crippen molar-refractivity contribution in [2.24, 2.45) is 0 Å². The molecule has 1 saturated heterocycles.